The molecule has 0 N–H and O–H groups in total. The Morgan fingerprint density at radius 1 is 1.23 bits per heavy atom. The first-order valence-corrected chi connectivity index (χ1v) is 4.54. The van der Waals surface area contributed by atoms with E-state index in [0.29, 0.717) is 0 Å². The molecule has 0 saturated carbocycles. The lowest BCUT2D eigenvalue weighted by Crippen LogP contribution is -1.80. The number of nitrogens with zero attached hydrogens (tertiary/aromatic N) is 1. The van der Waals surface area contributed by atoms with Crippen molar-refractivity contribution in [1.29, 1.82) is 0 Å². The fourth-order valence-corrected chi connectivity index (χ4v) is 1.08. The van der Waals surface area contributed by atoms with E-state index in [1.54, 1.807) is 0 Å². The van der Waals surface area contributed by atoms with Crippen LogP contribution in [-0.4, -0.2) is 8.42 Å². The second kappa shape index (κ2) is 5.72. The van der Waals surface area contributed by atoms with E-state index in [2.05, 4.69) is 4.36 Å². The van der Waals surface area contributed by atoms with Crippen LogP contribution in [0.15, 0.2) is 28.6 Å². The van der Waals surface area contributed by atoms with Crippen molar-refractivity contribution >= 4 is 22.9 Å². The van der Waals surface area contributed by atoms with Crippen LogP contribution in [0.25, 0.3) is 0 Å². The van der Waals surface area contributed by atoms with Crippen LogP contribution in [0.4, 0.5) is 0 Å². The van der Waals surface area contributed by atoms with Crippen molar-refractivity contribution in [2.75, 3.05) is 0 Å². The topological polar surface area (TPSA) is 46.5 Å². The van der Waals surface area contributed by atoms with Gasteiger partial charge in [-0.05, 0) is 12.5 Å². The van der Waals surface area contributed by atoms with Gasteiger partial charge in [0, 0.05) is 0 Å². The van der Waals surface area contributed by atoms with Gasteiger partial charge in [-0.25, -0.2) is 0 Å². The van der Waals surface area contributed by atoms with Gasteiger partial charge in [0.25, 0.3) is 0 Å². The Morgan fingerprint density at radius 2 is 1.77 bits per heavy atom. The van der Waals surface area contributed by atoms with E-state index in [4.69, 9.17) is 0 Å². The molecule has 0 fully saturated rings. The molecular formula is C8H10ClNO2S. The zero-order valence-corrected chi connectivity index (χ0v) is 8.73. The molecule has 0 heterocycles. The summed E-state index contributed by atoms with van der Waals surface area (Å²) >= 11 is 0. The summed E-state index contributed by atoms with van der Waals surface area (Å²) in [7, 11) is -2.30. The number of hydrogen-bond donors (Lipinski definition) is 0. The van der Waals surface area contributed by atoms with Crippen molar-refractivity contribution in [3.05, 3.63) is 35.4 Å². The summed E-state index contributed by atoms with van der Waals surface area (Å²) in [6.45, 7) is 2.21. The predicted octanol–water partition coefficient (Wildman–Crippen LogP) is 1.98. The maximum Gasteiger partial charge on any atom is 0.311 e. The zero-order chi connectivity index (χ0) is 8.97. The Kier molecular flexibility index (Phi) is 5.34. The molecule has 0 bridgehead atoms. The van der Waals surface area contributed by atoms with Gasteiger partial charge in [0.1, 0.15) is 0 Å². The van der Waals surface area contributed by atoms with Gasteiger partial charge in [-0.15, -0.1) is 12.4 Å². The third-order valence-electron chi connectivity index (χ3n) is 1.47. The average molecular weight is 220 g/mol. The predicted molar refractivity (Wildman–Crippen MR) is 53.5 cm³/mol. The van der Waals surface area contributed by atoms with Crippen molar-refractivity contribution in [2.45, 2.75) is 13.5 Å². The number of halogens is 1. The fraction of sp³-hybridized carbons (Fsp3) is 0.250. The second-order valence-electron chi connectivity index (χ2n) is 2.49. The molecule has 1 aromatic carbocycles. The zero-order valence-electron chi connectivity index (χ0n) is 7.10. The molecular weight excluding hydrogens is 210 g/mol. The standard InChI is InChI=1S/C8H9NO2S.ClH/c1-7-2-4-8(5-3-7)6-9-12(10)11;/h2-5H,6H2,1H3;1H. The molecule has 0 atom stereocenters. The highest BCUT2D eigenvalue weighted by Gasteiger charge is 1.89. The van der Waals surface area contributed by atoms with Crippen molar-refractivity contribution in [2.24, 2.45) is 4.36 Å². The van der Waals surface area contributed by atoms with E-state index in [1.165, 1.54) is 0 Å². The van der Waals surface area contributed by atoms with Crippen molar-refractivity contribution in [3.8, 4) is 0 Å². The van der Waals surface area contributed by atoms with Gasteiger partial charge in [0.05, 0.1) is 6.54 Å². The number of rotatable bonds is 2. The first kappa shape index (κ1) is 12.1. The van der Waals surface area contributed by atoms with E-state index in [9.17, 15) is 8.42 Å². The Labute approximate surface area is 84.9 Å². The smallest absolute Gasteiger partial charge is 0.167 e. The molecule has 0 aromatic heterocycles. The largest absolute Gasteiger partial charge is 0.311 e. The third-order valence-corrected chi connectivity index (χ3v) is 1.81. The lowest BCUT2D eigenvalue weighted by atomic mass is 10.2. The highest BCUT2D eigenvalue weighted by Crippen LogP contribution is 2.03. The molecule has 72 valence electrons. The van der Waals surface area contributed by atoms with Crippen LogP contribution in [0.1, 0.15) is 11.1 Å². The Hall–Kier alpha value is -0.870. The SMILES string of the molecule is Cc1ccc(CN=S(=O)=O)cc1.Cl. The molecule has 13 heavy (non-hydrogen) atoms. The van der Waals surface area contributed by atoms with E-state index < -0.39 is 10.5 Å². The van der Waals surface area contributed by atoms with Crippen LogP contribution in [0.2, 0.25) is 0 Å². The second-order valence-corrected chi connectivity index (χ2v) is 3.18. The van der Waals surface area contributed by atoms with Gasteiger partial charge in [-0.3, -0.25) is 0 Å². The minimum Gasteiger partial charge on any atom is -0.167 e. The number of benzene rings is 1. The van der Waals surface area contributed by atoms with Gasteiger partial charge in [0.15, 0.2) is 0 Å². The maximum absolute atomic E-state index is 10.1. The maximum atomic E-state index is 10.1. The van der Waals surface area contributed by atoms with Gasteiger partial charge in [0.2, 0.25) is 0 Å². The summed E-state index contributed by atoms with van der Waals surface area (Å²) in [5.41, 5.74) is 2.06. The highest BCUT2D eigenvalue weighted by molar-refractivity contribution is 7.61. The molecule has 3 nitrogen and oxygen atoms in total. The van der Waals surface area contributed by atoms with Gasteiger partial charge < -0.3 is 0 Å². The van der Waals surface area contributed by atoms with Gasteiger partial charge in [-0.2, -0.15) is 12.8 Å². The molecule has 0 saturated heterocycles. The summed E-state index contributed by atoms with van der Waals surface area (Å²) in [5.74, 6) is 0. The molecule has 0 aliphatic rings. The monoisotopic (exact) mass is 219 g/mol. The van der Waals surface area contributed by atoms with E-state index in [0.717, 1.165) is 11.1 Å². The molecule has 5 heteroatoms. The quantitative estimate of drug-likeness (QED) is 0.764. The van der Waals surface area contributed by atoms with E-state index in [1.807, 2.05) is 31.2 Å². The van der Waals surface area contributed by atoms with E-state index >= 15 is 0 Å². The number of hydrogen-bond acceptors (Lipinski definition) is 3. The Balaban J connectivity index is 0.00000144. The van der Waals surface area contributed by atoms with Crippen LogP contribution >= 0.6 is 12.4 Å². The summed E-state index contributed by atoms with van der Waals surface area (Å²) < 4.78 is 23.5. The van der Waals surface area contributed by atoms with Gasteiger partial charge >= 0.3 is 10.5 Å². The van der Waals surface area contributed by atoms with Gasteiger partial charge in [-0.1, -0.05) is 29.8 Å². The fourth-order valence-electron chi connectivity index (χ4n) is 0.821. The van der Waals surface area contributed by atoms with Crippen molar-refractivity contribution in [1.82, 2.24) is 0 Å². The van der Waals surface area contributed by atoms with Crippen LogP contribution < -0.4 is 0 Å². The Morgan fingerprint density at radius 3 is 2.23 bits per heavy atom. The van der Waals surface area contributed by atoms with Crippen LogP contribution in [-0.2, 0) is 17.0 Å². The highest BCUT2D eigenvalue weighted by atomic mass is 35.5. The van der Waals surface area contributed by atoms with Crippen molar-refractivity contribution in [3.63, 3.8) is 0 Å². The summed E-state index contributed by atoms with van der Waals surface area (Å²) in [6.07, 6.45) is 0. The van der Waals surface area contributed by atoms with E-state index in [-0.39, 0.29) is 19.0 Å². The number of aryl methyl sites for hydroxylation is 1. The molecule has 0 unspecified atom stereocenters. The summed E-state index contributed by atoms with van der Waals surface area (Å²) in [5, 5.41) is 0. The summed E-state index contributed by atoms with van der Waals surface area (Å²) in [4.78, 5) is 0. The Bertz CT molecular complexity index is 375. The van der Waals surface area contributed by atoms with Crippen LogP contribution in [0.3, 0.4) is 0 Å². The normalized spacial score (nSPS) is 8.69. The lowest BCUT2D eigenvalue weighted by molar-refractivity contribution is 0.620. The average Bonchev–Trinajstić information content (AvgIpc) is 2.03. The first-order chi connectivity index (χ1) is 5.68. The minimum absolute atomic E-state index is 0. The minimum atomic E-state index is -2.30. The molecule has 0 radical (unpaired) electrons. The van der Waals surface area contributed by atoms with Crippen LogP contribution in [0.5, 0.6) is 0 Å². The molecule has 0 spiro atoms. The molecule has 0 aliphatic carbocycles. The van der Waals surface area contributed by atoms with Crippen molar-refractivity contribution < 1.29 is 8.42 Å². The van der Waals surface area contributed by atoms with Crippen LogP contribution in [0, 0.1) is 6.92 Å². The molecule has 0 aliphatic heterocycles. The summed E-state index contributed by atoms with van der Waals surface area (Å²) in [6, 6.07) is 7.59. The third kappa shape index (κ3) is 4.65. The lowest BCUT2D eigenvalue weighted by Gasteiger charge is -1.94. The molecule has 0 amide bonds. The molecule has 1 rings (SSSR count). The first-order valence-electron chi connectivity index (χ1n) is 3.51. The molecule has 1 aromatic rings.